The van der Waals surface area contributed by atoms with E-state index in [0.29, 0.717) is 0 Å². The molecule has 0 spiro atoms. The first-order valence-corrected chi connectivity index (χ1v) is 5.41. The maximum Gasteiger partial charge on any atom is -0.00489 e. The van der Waals surface area contributed by atoms with Crippen LogP contribution in [0.2, 0.25) is 0 Å². The van der Waals surface area contributed by atoms with Crippen LogP contribution in [0.15, 0.2) is 0 Å². The normalized spacial score (nSPS) is 18.0. The minimum absolute atomic E-state index is 0. The maximum absolute atomic E-state index is 3.28. The number of rotatable bonds is 0. The van der Waals surface area contributed by atoms with E-state index in [4.69, 9.17) is 0 Å². The van der Waals surface area contributed by atoms with E-state index >= 15 is 0 Å². The molecule has 6 N–H and O–H groups in total. The fourth-order valence-electron chi connectivity index (χ4n) is 1.60. The molecule has 0 aliphatic carbocycles. The van der Waals surface area contributed by atoms with Crippen LogP contribution in [0, 0.1) is 0 Å². The molecule has 0 saturated carbocycles. The van der Waals surface area contributed by atoms with Crippen LogP contribution >= 0.6 is 0 Å². The quantitative estimate of drug-likeness (QED) is 0.663. The Morgan fingerprint density at radius 3 is 0.750 bits per heavy atom. The van der Waals surface area contributed by atoms with Gasteiger partial charge in [-0.2, -0.15) is 0 Å². The lowest BCUT2D eigenvalue weighted by Crippen LogP contribution is -2.21. The summed E-state index contributed by atoms with van der Waals surface area (Å²) in [6.07, 6.45) is 8.43. The van der Waals surface area contributed by atoms with Gasteiger partial charge in [0.05, 0.1) is 0 Å². The Kier molecular flexibility index (Phi) is 31.5. The average molecular weight is 238 g/mol. The maximum atomic E-state index is 3.28. The Bertz CT molecular complexity index is 60.0. The van der Waals surface area contributed by atoms with Gasteiger partial charge in [-0.05, 0) is 51.9 Å². The highest BCUT2D eigenvalue weighted by Gasteiger charge is 1.94. The van der Waals surface area contributed by atoms with Gasteiger partial charge in [-0.15, -0.1) is 0 Å². The zero-order chi connectivity index (χ0) is 8.49. The summed E-state index contributed by atoms with van der Waals surface area (Å²) >= 11 is 0. The lowest BCUT2D eigenvalue weighted by atomic mass is 10.2. The molecule has 2 aliphatic rings. The van der Waals surface area contributed by atoms with Gasteiger partial charge in [0, 0.05) is 0 Å². The Morgan fingerprint density at radius 1 is 0.438 bits per heavy atom. The third kappa shape index (κ3) is 16.3. The zero-order valence-electron chi connectivity index (χ0n) is 9.07. The fraction of sp³-hybridized carbons (Fsp3) is 1.00. The number of nitrogens with one attached hydrogen (secondary N) is 2. The van der Waals surface area contributed by atoms with Gasteiger partial charge in [-0.1, -0.05) is 27.7 Å². The van der Waals surface area contributed by atoms with Crippen molar-refractivity contribution >= 4 is 0 Å². The summed E-state index contributed by atoms with van der Waals surface area (Å²) in [6, 6.07) is 0. The van der Waals surface area contributed by atoms with E-state index in [1.807, 2.05) is 0 Å². The second-order valence-electron chi connectivity index (χ2n) is 3.62. The van der Waals surface area contributed by atoms with E-state index in [-0.39, 0.29) is 25.8 Å². The molecular formula is C12H34N2O2. The summed E-state index contributed by atoms with van der Waals surface area (Å²) in [5, 5.41) is 6.57. The monoisotopic (exact) mass is 238 g/mol. The lowest BCUT2D eigenvalue weighted by Gasteiger charge is -2.08. The van der Waals surface area contributed by atoms with Crippen molar-refractivity contribution in [3.63, 3.8) is 0 Å². The molecule has 2 heterocycles. The van der Waals surface area contributed by atoms with Crippen LogP contribution in [0.4, 0.5) is 0 Å². The van der Waals surface area contributed by atoms with E-state index in [1.54, 1.807) is 0 Å². The first kappa shape index (κ1) is 24.9. The Labute approximate surface area is 102 Å². The van der Waals surface area contributed by atoms with Gasteiger partial charge >= 0.3 is 0 Å². The van der Waals surface area contributed by atoms with E-state index in [2.05, 4.69) is 10.6 Å². The Balaban J connectivity index is -0.0000000720. The highest BCUT2D eigenvalue weighted by molar-refractivity contribution is 4.55. The van der Waals surface area contributed by atoms with Crippen LogP contribution in [0.1, 0.15) is 53.4 Å². The molecule has 0 amide bonds. The fourth-order valence-corrected chi connectivity index (χ4v) is 1.60. The van der Waals surface area contributed by atoms with Crippen LogP contribution in [-0.4, -0.2) is 37.1 Å². The molecule has 0 bridgehead atoms. The van der Waals surface area contributed by atoms with Crippen LogP contribution < -0.4 is 10.6 Å². The smallest absolute Gasteiger partial charge is 0.00489 e. The van der Waals surface area contributed by atoms with Crippen LogP contribution in [0.5, 0.6) is 0 Å². The summed E-state index contributed by atoms with van der Waals surface area (Å²) in [5.74, 6) is 0. The molecule has 2 saturated heterocycles. The molecule has 0 unspecified atom stereocenters. The standard InChI is InChI=1S/2C5H11N.2CH4.2H2O/c2*1-2-4-6-5-3-1;;;;/h2*6H,1-5H2;2*1H4;2*1H2. The van der Waals surface area contributed by atoms with E-state index in [9.17, 15) is 0 Å². The number of piperidine rings is 2. The summed E-state index contributed by atoms with van der Waals surface area (Å²) in [5.41, 5.74) is 0. The molecule has 0 aromatic heterocycles. The Morgan fingerprint density at radius 2 is 0.688 bits per heavy atom. The summed E-state index contributed by atoms with van der Waals surface area (Å²) in [4.78, 5) is 0. The van der Waals surface area contributed by atoms with Crippen molar-refractivity contribution in [2.24, 2.45) is 0 Å². The molecule has 4 nitrogen and oxygen atoms in total. The van der Waals surface area contributed by atoms with Gasteiger partial charge in [0.25, 0.3) is 0 Å². The molecule has 16 heavy (non-hydrogen) atoms. The summed E-state index contributed by atoms with van der Waals surface area (Å²) in [7, 11) is 0. The molecule has 2 rings (SSSR count). The average Bonchev–Trinajstić information content (AvgIpc) is 2.24. The first-order valence-electron chi connectivity index (χ1n) is 5.41. The molecule has 4 heteroatoms. The third-order valence-corrected chi connectivity index (χ3v) is 2.41. The molecule has 0 atom stereocenters. The number of hydrogen-bond donors (Lipinski definition) is 2. The van der Waals surface area contributed by atoms with Gasteiger partial charge in [0.2, 0.25) is 0 Å². The minimum Gasteiger partial charge on any atom is -0.412 e. The molecular weight excluding hydrogens is 204 g/mol. The van der Waals surface area contributed by atoms with Gasteiger partial charge < -0.3 is 21.6 Å². The van der Waals surface area contributed by atoms with Crippen molar-refractivity contribution in [3.05, 3.63) is 0 Å². The minimum atomic E-state index is 0. The topological polar surface area (TPSA) is 87.1 Å². The van der Waals surface area contributed by atoms with Crippen molar-refractivity contribution in [3.8, 4) is 0 Å². The largest absolute Gasteiger partial charge is 0.412 e. The SMILES string of the molecule is C.C.C1CCNCC1.C1CCNCC1.O.O. The van der Waals surface area contributed by atoms with Gasteiger partial charge in [-0.3, -0.25) is 0 Å². The molecule has 0 aromatic carbocycles. The summed E-state index contributed by atoms with van der Waals surface area (Å²) < 4.78 is 0. The molecule has 0 radical (unpaired) electrons. The van der Waals surface area contributed by atoms with Gasteiger partial charge in [-0.25, -0.2) is 0 Å². The number of hydrogen-bond acceptors (Lipinski definition) is 2. The second kappa shape index (κ2) is 20.3. The first-order chi connectivity index (χ1) is 6.00. The molecule has 2 fully saturated rings. The highest BCUT2D eigenvalue weighted by Crippen LogP contribution is 1.97. The molecule has 0 aromatic rings. The molecule has 2 aliphatic heterocycles. The Hall–Kier alpha value is -0.160. The third-order valence-electron chi connectivity index (χ3n) is 2.41. The predicted octanol–water partition coefficient (Wildman–Crippen LogP) is 1.14. The van der Waals surface area contributed by atoms with Gasteiger partial charge in [0.15, 0.2) is 0 Å². The molecule has 104 valence electrons. The van der Waals surface area contributed by atoms with E-state index in [0.717, 1.165) is 0 Å². The van der Waals surface area contributed by atoms with Crippen molar-refractivity contribution in [1.82, 2.24) is 10.6 Å². The zero-order valence-corrected chi connectivity index (χ0v) is 9.07. The second-order valence-corrected chi connectivity index (χ2v) is 3.62. The van der Waals surface area contributed by atoms with E-state index < -0.39 is 0 Å². The lowest BCUT2D eigenvalue weighted by molar-refractivity contribution is 0.520. The highest BCUT2D eigenvalue weighted by atomic mass is 16.0. The van der Waals surface area contributed by atoms with Crippen molar-refractivity contribution in [2.75, 3.05) is 26.2 Å². The van der Waals surface area contributed by atoms with Crippen LogP contribution in [0.25, 0.3) is 0 Å². The predicted molar refractivity (Wildman–Crippen MR) is 74.1 cm³/mol. The van der Waals surface area contributed by atoms with Gasteiger partial charge in [0.1, 0.15) is 0 Å². The van der Waals surface area contributed by atoms with Crippen LogP contribution in [-0.2, 0) is 0 Å². The summed E-state index contributed by atoms with van der Waals surface area (Å²) in [6.45, 7) is 5.00. The van der Waals surface area contributed by atoms with E-state index in [1.165, 1.54) is 64.7 Å². The van der Waals surface area contributed by atoms with Crippen molar-refractivity contribution in [1.29, 1.82) is 0 Å². The van der Waals surface area contributed by atoms with Crippen molar-refractivity contribution < 1.29 is 11.0 Å². The van der Waals surface area contributed by atoms with Crippen LogP contribution in [0.3, 0.4) is 0 Å². The van der Waals surface area contributed by atoms with Crippen molar-refractivity contribution in [2.45, 2.75) is 53.4 Å².